The zero-order chi connectivity index (χ0) is 13.1. The molecule has 0 unspecified atom stereocenters. The van der Waals surface area contributed by atoms with Crippen molar-refractivity contribution in [2.45, 2.75) is 45.8 Å². The van der Waals surface area contributed by atoms with Gasteiger partial charge in [0.05, 0.1) is 0 Å². The lowest BCUT2D eigenvalue weighted by molar-refractivity contribution is 0.602. The minimum Gasteiger partial charge on any atom is -0.440 e. The molecule has 0 spiro atoms. The number of hydrogen-bond donors (Lipinski definition) is 2. The molecule has 0 amide bonds. The monoisotopic (exact) mass is 260 g/mol. The predicted octanol–water partition coefficient (Wildman–Crippen LogP) is 2.98. The Bertz CT molecular complexity index is 387. The van der Waals surface area contributed by atoms with Crippen LogP contribution in [0.15, 0.2) is 14.6 Å². The second kappa shape index (κ2) is 5.14. The molecule has 0 bridgehead atoms. The molecule has 0 heterocycles. The second-order valence-corrected chi connectivity index (χ2v) is 11.6. The molecule has 0 aromatic carbocycles. The fourth-order valence-corrected chi connectivity index (χ4v) is 4.08. The molecule has 0 aliphatic carbocycles. The summed E-state index contributed by atoms with van der Waals surface area (Å²) in [6, 6.07) is 0. The van der Waals surface area contributed by atoms with Gasteiger partial charge in [-0.1, -0.05) is 33.9 Å². The molecule has 0 aromatic rings. The summed E-state index contributed by atoms with van der Waals surface area (Å²) in [6.45, 7) is 12.1. The Labute approximate surface area is 101 Å². The maximum atomic E-state index is 11.9. The van der Waals surface area contributed by atoms with Crippen LogP contribution in [-0.2, 0) is 14.8 Å². The largest absolute Gasteiger partial charge is 0.440 e. The van der Waals surface area contributed by atoms with E-state index in [0.29, 0.717) is 5.57 Å². The van der Waals surface area contributed by atoms with Gasteiger partial charge in [0, 0.05) is 6.21 Å². The van der Waals surface area contributed by atoms with Gasteiger partial charge in [0.25, 0.3) is 0 Å². The van der Waals surface area contributed by atoms with Crippen LogP contribution in [0.5, 0.6) is 0 Å². The number of rotatable bonds is 3. The van der Waals surface area contributed by atoms with Crippen LogP contribution in [0.25, 0.3) is 0 Å². The zero-order valence-corrected chi connectivity index (χ0v) is 12.7. The van der Waals surface area contributed by atoms with Crippen molar-refractivity contribution in [1.82, 2.24) is 0 Å². The molecule has 0 saturated heterocycles. The SMILES string of the molecule is CC(C=N)=C(N)[S-](=O)=N[Si](C)(C)C(C)(C)C. The lowest BCUT2D eigenvalue weighted by Crippen LogP contribution is -2.35. The summed E-state index contributed by atoms with van der Waals surface area (Å²) in [7, 11) is -3.47. The Balaban J connectivity index is 5.39. The summed E-state index contributed by atoms with van der Waals surface area (Å²) in [4.78, 5) is 0. The van der Waals surface area contributed by atoms with Crippen LogP contribution in [0.2, 0.25) is 18.1 Å². The fraction of sp³-hybridized carbons (Fsp3) is 0.700. The topological polar surface area (TPSA) is 79.3 Å². The van der Waals surface area contributed by atoms with E-state index in [2.05, 4.69) is 37.9 Å². The van der Waals surface area contributed by atoms with E-state index in [9.17, 15) is 4.21 Å². The summed E-state index contributed by atoms with van der Waals surface area (Å²) >= 11 is 0. The van der Waals surface area contributed by atoms with Crippen molar-refractivity contribution in [2.24, 2.45) is 9.76 Å². The highest BCUT2D eigenvalue weighted by molar-refractivity contribution is 7.80. The lowest BCUT2D eigenvalue weighted by Gasteiger charge is -2.35. The first kappa shape index (κ1) is 15.4. The van der Waals surface area contributed by atoms with Gasteiger partial charge in [0.1, 0.15) is 8.24 Å². The van der Waals surface area contributed by atoms with Gasteiger partial charge in [-0.15, -0.1) is 0 Å². The maximum absolute atomic E-state index is 11.9. The first-order valence-electron chi connectivity index (χ1n) is 5.14. The minimum atomic E-state index is -1.95. The van der Waals surface area contributed by atoms with E-state index in [1.807, 2.05) is 0 Å². The van der Waals surface area contributed by atoms with Crippen LogP contribution in [0, 0.1) is 5.41 Å². The Morgan fingerprint density at radius 1 is 1.44 bits per heavy atom. The molecule has 0 aromatic heterocycles. The molecular weight excluding hydrogens is 238 g/mol. The molecule has 0 aliphatic heterocycles. The van der Waals surface area contributed by atoms with Gasteiger partial charge in [0.2, 0.25) is 0 Å². The van der Waals surface area contributed by atoms with Crippen LogP contribution in [-0.4, -0.2) is 14.5 Å². The first-order valence-corrected chi connectivity index (χ1v) is 9.20. The average Bonchev–Trinajstić information content (AvgIpc) is 2.12. The van der Waals surface area contributed by atoms with E-state index in [1.165, 1.54) is 0 Å². The molecule has 0 rings (SSSR count). The van der Waals surface area contributed by atoms with Crippen LogP contribution in [0.4, 0.5) is 0 Å². The third-order valence-corrected chi connectivity index (χ3v) is 9.80. The number of hydrogen-bond acceptors (Lipinski definition) is 5. The van der Waals surface area contributed by atoms with Crippen molar-refractivity contribution >= 4 is 25.0 Å². The summed E-state index contributed by atoms with van der Waals surface area (Å²) < 4.78 is 16.3. The Kier molecular flexibility index (Phi) is 4.94. The third kappa shape index (κ3) is 3.75. The van der Waals surface area contributed by atoms with Crippen molar-refractivity contribution in [2.75, 3.05) is 0 Å². The van der Waals surface area contributed by atoms with E-state index in [-0.39, 0.29) is 10.1 Å². The Morgan fingerprint density at radius 2 is 1.88 bits per heavy atom. The maximum Gasteiger partial charge on any atom is 0.150 e. The fourth-order valence-electron chi connectivity index (χ4n) is 0.602. The summed E-state index contributed by atoms with van der Waals surface area (Å²) in [5.74, 6) is 0. The first-order chi connectivity index (χ1) is 7.03. The molecule has 0 saturated carbocycles. The molecule has 94 valence electrons. The molecule has 0 radical (unpaired) electrons. The van der Waals surface area contributed by atoms with Gasteiger partial charge in [-0.05, 0) is 22.6 Å². The van der Waals surface area contributed by atoms with Crippen LogP contribution >= 0.6 is 0 Å². The van der Waals surface area contributed by atoms with Gasteiger partial charge in [-0.2, -0.15) is 10.6 Å². The molecule has 0 atom stereocenters. The number of nitrogens with zero attached hydrogens (tertiary/aromatic N) is 1. The normalized spacial score (nSPS) is 16.9. The van der Waals surface area contributed by atoms with Crippen LogP contribution in [0.3, 0.4) is 0 Å². The van der Waals surface area contributed by atoms with Crippen LogP contribution < -0.4 is 5.73 Å². The summed E-state index contributed by atoms with van der Waals surface area (Å²) in [6.07, 6.45) is 1.11. The van der Waals surface area contributed by atoms with Crippen molar-refractivity contribution in [3.8, 4) is 0 Å². The van der Waals surface area contributed by atoms with Gasteiger partial charge in [-0.3, -0.25) is 0 Å². The van der Waals surface area contributed by atoms with E-state index in [0.717, 1.165) is 6.21 Å². The molecule has 3 N–H and O–H groups in total. The number of nitrogens with two attached hydrogens (primary N) is 1. The van der Waals surface area contributed by atoms with Crippen molar-refractivity contribution in [3.63, 3.8) is 0 Å². The number of nitrogens with one attached hydrogen (secondary N) is 1. The Morgan fingerprint density at radius 3 is 2.19 bits per heavy atom. The zero-order valence-electron chi connectivity index (χ0n) is 10.9. The average molecular weight is 260 g/mol. The molecule has 0 aliphatic rings. The van der Waals surface area contributed by atoms with Gasteiger partial charge < -0.3 is 19.4 Å². The molecule has 4 nitrogen and oxygen atoms in total. The van der Waals surface area contributed by atoms with Crippen molar-refractivity contribution < 1.29 is 4.21 Å². The van der Waals surface area contributed by atoms with Crippen molar-refractivity contribution in [3.05, 3.63) is 10.6 Å². The molecule has 6 heteroatoms. The predicted molar refractivity (Wildman–Crippen MR) is 73.3 cm³/mol. The highest BCUT2D eigenvalue weighted by atomic mass is 32.2. The smallest absolute Gasteiger partial charge is 0.150 e. The highest BCUT2D eigenvalue weighted by Crippen LogP contribution is 2.36. The molecule has 16 heavy (non-hydrogen) atoms. The van der Waals surface area contributed by atoms with Crippen molar-refractivity contribution in [1.29, 1.82) is 5.41 Å². The lowest BCUT2D eigenvalue weighted by atomic mass is 10.2. The van der Waals surface area contributed by atoms with Gasteiger partial charge in [-0.25, -0.2) is 0 Å². The molecular formula is C10H22N3OSSi-. The third-order valence-electron chi connectivity index (χ3n) is 2.94. The standard InChI is InChI=1S/C10H22N3OSSi/c1-8(7-11)9(12)15(14)13-16(5,6)10(2,3)4/h7,11H,12H2,1-6H3/q-1. The van der Waals surface area contributed by atoms with E-state index in [4.69, 9.17) is 11.1 Å². The number of allylic oxidation sites excluding steroid dienone is 1. The van der Waals surface area contributed by atoms with Gasteiger partial charge in [0.15, 0.2) is 0 Å². The Hall–Kier alpha value is -0.623. The second-order valence-electron chi connectivity index (χ2n) is 5.34. The highest BCUT2D eigenvalue weighted by Gasteiger charge is 2.33. The minimum absolute atomic E-state index is 0.0432. The molecule has 0 fully saturated rings. The van der Waals surface area contributed by atoms with E-state index >= 15 is 0 Å². The van der Waals surface area contributed by atoms with Gasteiger partial charge >= 0.3 is 0 Å². The van der Waals surface area contributed by atoms with E-state index in [1.54, 1.807) is 6.92 Å². The summed E-state index contributed by atoms with van der Waals surface area (Å²) in [5, 5.41) is 7.30. The van der Waals surface area contributed by atoms with E-state index < -0.39 is 18.8 Å². The quantitative estimate of drug-likeness (QED) is 0.465. The van der Waals surface area contributed by atoms with Crippen LogP contribution in [0.1, 0.15) is 27.7 Å². The summed E-state index contributed by atoms with van der Waals surface area (Å²) in [5.41, 5.74) is 6.19.